The van der Waals surface area contributed by atoms with Gasteiger partial charge in [-0.2, -0.15) is 13.2 Å². The lowest BCUT2D eigenvalue weighted by atomic mass is 10.2. The number of methoxy groups -OCH3 is 1. The van der Waals surface area contributed by atoms with E-state index in [0.717, 1.165) is 6.07 Å². The van der Waals surface area contributed by atoms with E-state index in [1.165, 1.54) is 7.11 Å². The molecule has 0 aliphatic rings. The Hall–Kier alpha value is -0.870. The highest BCUT2D eigenvalue weighted by atomic mass is 35.5. The number of halogens is 4. The third-order valence-electron chi connectivity index (χ3n) is 2.63. The van der Waals surface area contributed by atoms with Gasteiger partial charge in [-0.05, 0) is 18.2 Å². The molecule has 0 aromatic heterocycles. The van der Waals surface area contributed by atoms with Crippen molar-refractivity contribution in [2.45, 2.75) is 11.1 Å². The van der Waals surface area contributed by atoms with Gasteiger partial charge in [0, 0.05) is 26.7 Å². The third kappa shape index (κ3) is 5.73. The molecule has 0 aliphatic heterocycles. The van der Waals surface area contributed by atoms with E-state index in [1.807, 2.05) is 0 Å². The average Bonchev–Trinajstić information content (AvgIpc) is 2.41. The summed E-state index contributed by atoms with van der Waals surface area (Å²) in [6.45, 7) is 1.46. The van der Waals surface area contributed by atoms with Crippen LogP contribution in [0.4, 0.5) is 13.2 Å². The van der Waals surface area contributed by atoms with Gasteiger partial charge in [-0.1, -0.05) is 11.6 Å². The first-order valence-corrected chi connectivity index (χ1v) is 8.10. The molecule has 0 radical (unpaired) electrons. The highest BCUT2D eigenvalue weighted by Gasteiger charge is 2.32. The smallest absolute Gasteiger partial charge is 0.383 e. The Morgan fingerprint density at radius 1 is 1.23 bits per heavy atom. The molecule has 0 saturated carbocycles. The summed E-state index contributed by atoms with van der Waals surface area (Å²) < 4.78 is 68.5. The van der Waals surface area contributed by atoms with Crippen molar-refractivity contribution in [3.63, 3.8) is 0 Å². The van der Waals surface area contributed by atoms with Gasteiger partial charge in [-0.3, -0.25) is 0 Å². The summed E-state index contributed by atoms with van der Waals surface area (Å²) in [5.74, 6) is 0. The number of hydrogen-bond donors (Lipinski definition) is 2. The van der Waals surface area contributed by atoms with Gasteiger partial charge in [-0.25, -0.2) is 13.1 Å². The summed E-state index contributed by atoms with van der Waals surface area (Å²) in [5, 5.41) is 2.44. The molecule has 0 fully saturated rings. The number of rotatable bonds is 8. The lowest BCUT2D eigenvalue weighted by molar-refractivity contribution is -0.137. The fraction of sp³-hybridized carbons (Fsp3) is 0.500. The molecule has 2 N–H and O–H groups in total. The summed E-state index contributed by atoms with van der Waals surface area (Å²) in [5.41, 5.74) is -1.00. The number of hydrogen-bond acceptors (Lipinski definition) is 4. The monoisotopic (exact) mass is 360 g/mol. The maximum absolute atomic E-state index is 12.5. The van der Waals surface area contributed by atoms with Crippen molar-refractivity contribution in [2.24, 2.45) is 0 Å². The molecule has 10 heteroatoms. The van der Waals surface area contributed by atoms with Gasteiger partial charge in [0.1, 0.15) is 4.90 Å². The second-order valence-corrected chi connectivity index (χ2v) is 6.43. The van der Waals surface area contributed by atoms with E-state index in [4.69, 9.17) is 16.3 Å². The molecule has 1 rings (SSSR count). The van der Waals surface area contributed by atoms with Crippen molar-refractivity contribution in [3.05, 3.63) is 28.8 Å². The Labute approximate surface area is 131 Å². The molecule has 1 aromatic carbocycles. The minimum atomic E-state index is -4.58. The molecule has 0 atom stereocenters. The molecule has 0 amide bonds. The number of sulfonamides is 1. The van der Waals surface area contributed by atoms with E-state index in [1.54, 1.807) is 0 Å². The molecule has 126 valence electrons. The van der Waals surface area contributed by atoms with Crippen molar-refractivity contribution >= 4 is 21.6 Å². The summed E-state index contributed by atoms with van der Waals surface area (Å²) >= 11 is 5.65. The molecule has 1 aromatic rings. The van der Waals surface area contributed by atoms with E-state index in [-0.39, 0.29) is 11.4 Å². The first-order chi connectivity index (χ1) is 10.2. The van der Waals surface area contributed by atoms with E-state index in [0.29, 0.717) is 31.8 Å². The van der Waals surface area contributed by atoms with Crippen LogP contribution >= 0.6 is 11.6 Å². The van der Waals surface area contributed by atoms with E-state index < -0.39 is 26.8 Å². The highest BCUT2D eigenvalue weighted by Crippen LogP contribution is 2.33. The van der Waals surface area contributed by atoms with Gasteiger partial charge in [-0.15, -0.1) is 0 Å². The SMILES string of the molecule is COCCNCCNS(=O)(=O)c1ccc(C(F)(F)F)cc1Cl. The van der Waals surface area contributed by atoms with Crippen LogP contribution in [0.25, 0.3) is 0 Å². The number of alkyl halides is 3. The van der Waals surface area contributed by atoms with Crippen LogP contribution < -0.4 is 10.0 Å². The van der Waals surface area contributed by atoms with Crippen molar-refractivity contribution in [1.29, 1.82) is 0 Å². The Morgan fingerprint density at radius 3 is 2.45 bits per heavy atom. The Kier molecular flexibility index (Phi) is 7.07. The number of nitrogens with one attached hydrogen (secondary N) is 2. The lowest BCUT2D eigenvalue weighted by Crippen LogP contribution is -2.33. The maximum Gasteiger partial charge on any atom is 0.416 e. The zero-order valence-electron chi connectivity index (χ0n) is 11.7. The molecule has 0 unspecified atom stereocenters. The summed E-state index contributed by atoms with van der Waals surface area (Å²) in [4.78, 5) is -0.390. The molecule has 0 aliphatic carbocycles. The summed E-state index contributed by atoms with van der Waals surface area (Å²) in [7, 11) is -2.43. The largest absolute Gasteiger partial charge is 0.416 e. The summed E-state index contributed by atoms with van der Waals surface area (Å²) in [6, 6.07) is 2.11. The zero-order valence-corrected chi connectivity index (χ0v) is 13.3. The van der Waals surface area contributed by atoms with Crippen LogP contribution in [0, 0.1) is 0 Å². The fourth-order valence-electron chi connectivity index (χ4n) is 1.55. The van der Waals surface area contributed by atoms with Crippen LogP contribution in [0.2, 0.25) is 5.02 Å². The minimum absolute atomic E-state index is 0.0728. The molecular weight excluding hydrogens is 345 g/mol. The van der Waals surface area contributed by atoms with Gasteiger partial charge >= 0.3 is 6.18 Å². The van der Waals surface area contributed by atoms with Gasteiger partial charge in [0.25, 0.3) is 0 Å². The topological polar surface area (TPSA) is 67.4 Å². The van der Waals surface area contributed by atoms with Gasteiger partial charge in [0.15, 0.2) is 0 Å². The third-order valence-corrected chi connectivity index (χ3v) is 4.57. The van der Waals surface area contributed by atoms with Crippen LogP contribution in [0.5, 0.6) is 0 Å². The normalized spacial score (nSPS) is 12.6. The van der Waals surface area contributed by atoms with E-state index in [2.05, 4.69) is 10.0 Å². The molecule has 22 heavy (non-hydrogen) atoms. The molecule has 0 bridgehead atoms. The van der Waals surface area contributed by atoms with Gasteiger partial charge < -0.3 is 10.1 Å². The Bertz CT molecular complexity index is 594. The Morgan fingerprint density at radius 2 is 1.91 bits per heavy atom. The van der Waals surface area contributed by atoms with Crippen LogP contribution in [0.3, 0.4) is 0 Å². The first-order valence-electron chi connectivity index (χ1n) is 6.24. The maximum atomic E-state index is 12.5. The fourth-order valence-corrected chi connectivity index (χ4v) is 3.12. The van der Waals surface area contributed by atoms with Crippen molar-refractivity contribution in [3.8, 4) is 0 Å². The standard InChI is InChI=1S/C12H16ClF3N2O3S/c1-21-7-6-17-4-5-18-22(19,20)11-3-2-9(8-10(11)13)12(14,15)16/h2-3,8,17-18H,4-7H2,1H3. The van der Waals surface area contributed by atoms with Crippen LogP contribution in [0.1, 0.15) is 5.56 Å². The minimum Gasteiger partial charge on any atom is -0.383 e. The van der Waals surface area contributed by atoms with Crippen molar-refractivity contribution in [1.82, 2.24) is 10.0 Å². The molecule has 0 heterocycles. The second-order valence-electron chi connectivity index (χ2n) is 4.28. The molecule has 0 saturated heterocycles. The van der Waals surface area contributed by atoms with Gasteiger partial charge in [0.05, 0.1) is 17.2 Å². The van der Waals surface area contributed by atoms with Crippen molar-refractivity contribution in [2.75, 3.05) is 33.4 Å². The van der Waals surface area contributed by atoms with Crippen LogP contribution in [-0.2, 0) is 20.9 Å². The van der Waals surface area contributed by atoms with Crippen LogP contribution in [0.15, 0.2) is 23.1 Å². The van der Waals surface area contributed by atoms with Crippen LogP contribution in [-0.4, -0.2) is 41.8 Å². The lowest BCUT2D eigenvalue weighted by Gasteiger charge is -2.11. The van der Waals surface area contributed by atoms with Crippen molar-refractivity contribution < 1.29 is 26.3 Å². The predicted molar refractivity (Wildman–Crippen MR) is 76.4 cm³/mol. The number of benzene rings is 1. The molecule has 0 spiro atoms. The quantitative estimate of drug-likeness (QED) is 0.695. The molecular formula is C12H16ClF3N2O3S. The predicted octanol–water partition coefficient (Wildman–Crippen LogP) is 1.87. The second kappa shape index (κ2) is 8.11. The van der Waals surface area contributed by atoms with E-state index >= 15 is 0 Å². The van der Waals surface area contributed by atoms with E-state index in [9.17, 15) is 21.6 Å². The zero-order chi connectivity index (χ0) is 16.8. The Balaban J connectivity index is 2.69. The number of ether oxygens (including phenoxy) is 1. The summed E-state index contributed by atoms with van der Waals surface area (Å²) in [6.07, 6.45) is -4.58. The average molecular weight is 361 g/mol. The molecule has 5 nitrogen and oxygen atoms in total. The highest BCUT2D eigenvalue weighted by molar-refractivity contribution is 7.89. The van der Waals surface area contributed by atoms with Gasteiger partial charge in [0.2, 0.25) is 10.0 Å². The first kappa shape index (κ1) is 19.2.